The molecule has 5 nitrogen and oxygen atoms in total. The highest BCUT2D eigenvalue weighted by Crippen LogP contribution is 2.12. The number of hydroxylamine groups is 1. The number of primary amides is 1. The third kappa shape index (κ3) is 5.84. The lowest BCUT2D eigenvalue weighted by Crippen LogP contribution is -2.28. The Morgan fingerprint density at radius 1 is 1.47 bits per heavy atom. The minimum absolute atomic E-state index is 0.351. The second-order valence-corrected chi connectivity index (χ2v) is 4.03. The molecule has 0 bridgehead atoms. The lowest BCUT2D eigenvalue weighted by Gasteiger charge is -2.00. The van der Waals surface area contributed by atoms with Crippen LogP contribution in [0.5, 0.6) is 0 Å². The van der Waals surface area contributed by atoms with E-state index in [4.69, 9.17) is 5.73 Å². The maximum Gasteiger partial charge on any atom is 0.267 e. The first kappa shape index (κ1) is 13.4. The highest BCUT2D eigenvalue weighted by Gasteiger charge is 1.97. The van der Waals surface area contributed by atoms with Gasteiger partial charge in [-0.05, 0) is 23.8 Å². The fourth-order valence-electron chi connectivity index (χ4n) is 0.995. The van der Waals surface area contributed by atoms with Crippen LogP contribution in [0.25, 0.3) is 6.08 Å². The van der Waals surface area contributed by atoms with Crippen LogP contribution in [0.15, 0.2) is 34.8 Å². The average Bonchev–Trinajstić information content (AvgIpc) is 2.26. The fraction of sp³-hybridized carbons (Fsp3) is 0.0909. The van der Waals surface area contributed by atoms with E-state index in [9.17, 15) is 9.59 Å². The smallest absolute Gasteiger partial charge is 0.267 e. The van der Waals surface area contributed by atoms with Gasteiger partial charge in [0.15, 0.2) is 6.61 Å². The van der Waals surface area contributed by atoms with Crippen molar-refractivity contribution in [3.8, 4) is 0 Å². The van der Waals surface area contributed by atoms with Crippen molar-refractivity contribution in [2.75, 3.05) is 6.61 Å². The number of hydrogen-bond acceptors (Lipinski definition) is 3. The topological polar surface area (TPSA) is 81.4 Å². The molecule has 2 amide bonds. The van der Waals surface area contributed by atoms with E-state index in [1.54, 1.807) is 6.08 Å². The largest absolute Gasteiger partial charge is 0.368 e. The van der Waals surface area contributed by atoms with Crippen molar-refractivity contribution in [3.05, 3.63) is 40.4 Å². The molecule has 0 fully saturated rings. The molecule has 0 aliphatic heterocycles. The van der Waals surface area contributed by atoms with Crippen LogP contribution in [-0.4, -0.2) is 18.4 Å². The molecule has 0 saturated heterocycles. The zero-order chi connectivity index (χ0) is 12.7. The Labute approximate surface area is 107 Å². The molecule has 0 aromatic heterocycles. The average molecular weight is 299 g/mol. The van der Waals surface area contributed by atoms with Gasteiger partial charge in [0.1, 0.15) is 0 Å². The highest BCUT2D eigenvalue weighted by molar-refractivity contribution is 9.10. The standard InChI is InChI=1S/C11H11BrN2O3/c12-9-3-1-2-8(6-9)4-5-11(16)14-17-7-10(13)15/h1-6H,7H2,(H2,13,15)(H,14,16)/b5-4+. The molecule has 6 heteroatoms. The summed E-state index contributed by atoms with van der Waals surface area (Å²) in [4.78, 5) is 26.1. The van der Waals surface area contributed by atoms with Gasteiger partial charge >= 0.3 is 0 Å². The summed E-state index contributed by atoms with van der Waals surface area (Å²) in [7, 11) is 0. The van der Waals surface area contributed by atoms with E-state index in [1.807, 2.05) is 24.3 Å². The Hall–Kier alpha value is -1.66. The Bertz CT molecular complexity index is 446. The first-order valence-corrected chi connectivity index (χ1v) is 5.51. The Morgan fingerprint density at radius 3 is 2.88 bits per heavy atom. The maximum atomic E-state index is 11.2. The van der Waals surface area contributed by atoms with Crippen LogP contribution in [-0.2, 0) is 14.4 Å². The lowest BCUT2D eigenvalue weighted by atomic mass is 10.2. The summed E-state index contributed by atoms with van der Waals surface area (Å²) in [5.74, 6) is -1.12. The quantitative estimate of drug-likeness (QED) is 0.628. The number of nitrogens with two attached hydrogens (primary N) is 1. The van der Waals surface area contributed by atoms with Gasteiger partial charge in [0.05, 0.1) is 0 Å². The number of carbonyl (C=O) groups excluding carboxylic acids is 2. The zero-order valence-electron chi connectivity index (χ0n) is 8.85. The molecular weight excluding hydrogens is 288 g/mol. The molecule has 0 spiro atoms. The number of carbonyl (C=O) groups is 2. The van der Waals surface area contributed by atoms with Gasteiger partial charge in [-0.15, -0.1) is 0 Å². The van der Waals surface area contributed by atoms with Crippen LogP contribution < -0.4 is 11.2 Å². The van der Waals surface area contributed by atoms with E-state index in [2.05, 4.69) is 26.2 Å². The van der Waals surface area contributed by atoms with E-state index in [0.717, 1.165) is 10.0 Å². The number of amides is 2. The van der Waals surface area contributed by atoms with Crippen molar-refractivity contribution in [1.82, 2.24) is 5.48 Å². The second-order valence-electron chi connectivity index (χ2n) is 3.11. The molecule has 90 valence electrons. The molecule has 17 heavy (non-hydrogen) atoms. The Kier molecular flexibility index (Phi) is 5.38. The van der Waals surface area contributed by atoms with Gasteiger partial charge in [0.25, 0.3) is 5.91 Å². The van der Waals surface area contributed by atoms with Crippen LogP contribution in [0.2, 0.25) is 0 Å². The first-order chi connectivity index (χ1) is 8.08. The molecule has 0 aliphatic rings. The van der Waals surface area contributed by atoms with Crippen molar-refractivity contribution >= 4 is 33.8 Å². The number of nitrogens with one attached hydrogen (secondary N) is 1. The molecular formula is C11H11BrN2O3. The van der Waals surface area contributed by atoms with Gasteiger partial charge in [-0.25, -0.2) is 5.48 Å². The van der Waals surface area contributed by atoms with Crippen LogP contribution in [0.1, 0.15) is 5.56 Å². The van der Waals surface area contributed by atoms with Gasteiger partial charge in [-0.3, -0.25) is 14.4 Å². The molecule has 1 rings (SSSR count). The number of benzene rings is 1. The van der Waals surface area contributed by atoms with Gasteiger partial charge in [-0.1, -0.05) is 28.1 Å². The minimum atomic E-state index is -0.652. The van der Waals surface area contributed by atoms with Gasteiger partial charge in [-0.2, -0.15) is 0 Å². The predicted octanol–water partition coefficient (Wildman–Crippen LogP) is 0.995. The summed E-state index contributed by atoms with van der Waals surface area (Å²) in [6.45, 7) is -0.351. The summed E-state index contributed by atoms with van der Waals surface area (Å²) in [6, 6.07) is 7.44. The van der Waals surface area contributed by atoms with Gasteiger partial charge in [0.2, 0.25) is 5.91 Å². The van der Waals surface area contributed by atoms with E-state index in [-0.39, 0.29) is 6.61 Å². The number of rotatable bonds is 5. The highest BCUT2D eigenvalue weighted by atomic mass is 79.9. The zero-order valence-corrected chi connectivity index (χ0v) is 10.4. The Morgan fingerprint density at radius 2 is 2.24 bits per heavy atom. The summed E-state index contributed by atoms with van der Waals surface area (Å²) < 4.78 is 0.921. The van der Waals surface area contributed by atoms with Crippen LogP contribution in [0.4, 0.5) is 0 Å². The van der Waals surface area contributed by atoms with Gasteiger partial charge in [0, 0.05) is 10.5 Å². The van der Waals surface area contributed by atoms with Crippen LogP contribution in [0, 0.1) is 0 Å². The van der Waals surface area contributed by atoms with E-state index in [1.165, 1.54) is 6.08 Å². The molecule has 1 aromatic carbocycles. The summed E-state index contributed by atoms with van der Waals surface area (Å²) in [5, 5.41) is 0. The molecule has 1 aromatic rings. The SMILES string of the molecule is NC(=O)CONC(=O)/C=C/c1cccc(Br)c1. The normalized spacial score (nSPS) is 10.4. The molecule has 0 heterocycles. The van der Waals surface area contributed by atoms with Crippen molar-refractivity contribution < 1.29 is 14.4 Å². The summed E-state index contributed by atoms with van der Waals surface area (Å²) in [5.41, 5.74) is 7.75. The minimum Gasteiger partial charge on any atom is -0.368 e. The third-order valence-electron chi connectivity index (χ3n) is 1.66. The second kappa shape index (κ2) is 6.82. The van der Waals surface area contributed by atoms with E-state index in [0.29, 0.717) is 0 Å². The molecule has 0 radical (unpaired) electrons. The molecule has 0 atom stereocenters. The lowest BCUT2D eigenvalue weighted by molar-refractivity contribution is -0.134. The maximum absolute atomic E-state index is 11.2. The molecule has 0 saturated carbocycles. The Balaban J connectivity index is 2.43. The van der Waals surface area contributed by atoms with E-state index >= 15 is 0 Å². The summed E-state index contributed by atoms with van der Waals surface area (Å²) in [6.07, 6.45) is 2.91. The fourth-order valence-corrected chi connectivity index (χ4v) is 1.41. The monoisotopic (exact) mass is 298 g/mol. The van der Waals surface area contributed by atoms with Crippen molar-refractivity contribution in [2.45, 2.75) is 0 Å². The van der Waals surface area contributed by atoms with Crippen molar-refractivity contribution in [1.29, 1.82) is 0 Å². The number of hydrogen-bond donors (Lipinski definition) is 2. The predicted molar refractivity (Wildman–Crippen MR) is 66.5 cm³/mol. The molecule has 0 aliphatic carbocycles. The first-order valence-electron chi connectivity index (χ1n) is 4.71. The third-order valence-corrected chi connectivity index (χ3v) is 2.16. The van der Waals surface area contributed by atoms with Crippen molar-refractivity contribution in [2.24, 2.45) is 5.73 Å². The van der Waals surface area contributed by atoms with Crippen LogP contribution in [0.3, 0.4) is 0 Å². The van der Waals surface area contributed by atoms with Crippen molar-refractivity contribution in [3.63, 3.8) is 0 Å². The molecule has 3 N–H and O–H groups in total. The summed E-state index contributed by atoms with van der Waals surface area (Å²) >= 11 is 3.32. The van der Waals surface area contributed by atoms with Gasteiger partial charge < -0.3 is 5.73 Å². The number of halogens is 1. The van der Waals surface area contributed by atoms with E-state index < -0.39 is 11.8 Å². The van der Waals surface area contributed by atoms with Crippen LogP contribution >= 0.6 is 15.9 Å². The molecule has 0 unspecified atom stereocenters.